The van der Waals surface area contributed by atoms with Gasteiger partial charge in [-0.2, -0.15) is 0 Å². The molecule has 0 aromatic carbocycles. The van der Waals surface area contributed by atoms with Gasteiger partial charge in [0.1, 0.15) is 5.82 Å². The molecule has 3 heterocycles. The Bertz CT molecular complexity index is 1040. The number of ketones is 1. The lowest BCUT2D eigenvalue weighted by molar-refractivity contribution is -0.118. The number of nitrogens with zero attached hydrogens (tertiary/aromatic N) is 2. The van der Waals surface area contributed by atoms with Crippen LogP contribution in [0, 0.1) is 5.41 Å². The van der Waals surface area contributed by atoms with Crippen LogP contribution in [0.4, 0.5) is 5.82 Å². The van der Waals surface area contributed by atoms with E-state index in [9.17, 15) is 9.59 Å². The van der Waals surface area contributed by atoms with Gasteiger partial charge in [0.05, 0.1) is 5.56 Å². The summed E-state index contributed by atoms with van der Waals surface area (Å²) in [7, 11) is 0. The number of pyridine rings is 1. The Hall–Kier alpha value is -2.41. The van der Waals surface area contributed by atoms with Gasteiger partial charge in [-0.3, -0.25) is 14.6 Å². The zero-order chi connectivity index (χ0) is 20.8. The second-order valence-corrected chi connectivity index (χ2v) is 10.1. The van der Waals surface area contributed by atoms with Crippen molar-refractivity contribution in [3.05, 3.63) is 57.3 Å². The number of carbonyl (C=O) groups is 1. The highest BCUT2D eigenvalue weighted by molar-refractivity contribution is 7.99. The third-order valence-electron chi connectivity index (χ3n) is 5.61. The van der Waals surface area contributed by atoms with Crippen LogP contribution in [-0.2, 0) is 4.79 Å². The molecule has 0 fully saturated rings. The summed E-state index contributed by atoms with van der Waals surface area (Å²) >= 11 is 1.56. The van der Waals surface area contributed by atoms with Crippen LogP contribution in [0.25, 0.3) is 0 Å². The number of allylic oxidation sites excluding steroid dienone is 2. The van der Waals surface area contributed by atoms with E-state index in [1.165, 1.54) is 0 Å². The van der Waals surface area contributed by atoms with Crippen LogP contribution in [-0.4, -0.2) is 26.0 Å². The van der Waals surface area contributed by atoms with Crippen molar-refractivity contribution < 1.29 is 4.79 Å². The molecule has 2 aliphatic rings. The zero-order valence-corrected chi connectivity index (χ0v) is 18.0. The molecule has 2 aromatic rings. The van der Waals surface area contributed by atoms with Crippen LogP contribution in [0.2, 0.25) is 0 Å². The first-order valence-corrected chi connectivity index (χ1v) is 10.9. The lowest BCUT2D eigenvalue weighted by atomic mass is 9.69. The fourth-order valence-corrected chi connectivity index (χ4v) is 4.95. The molecule has 0 saturated heterocycles. The second-order valence-electron chi connectivity index (χ2n) is 8.65. The Morgan fingerprint density at radius 2 is 2.10 bits per heavy atom. The number of fused-ring (bicyclic) bond motifs is 1. The molecular formula is C22H26N4O2S. The molecule has 1 aliphatic heterocycles. The molecule has 2 atom stereocenters. The molecule has 29 heavy (non-hydrogen) atoms. The summed E-state index contributed by atoms with van der Waals surface area (Å²) in [5.74, 6) is 0.191. The first kappa shape index (κ1) is 19.9. The molecule has 1 aliphatic carbocycles. The number of thioether (sulfide) groups is 1. The third-order valence-corrected chi connectivity index (χ3v) is 6.76. The number of hydrogen-bond donors (Lipinski definition) is 2. The van der Waals surface area contributed by atoms with Crippen LogP contribution in [0.1, 0.15) is 64.0 Å². The fraction of sp³-hybridized carbons (Fsp3) is 0.455. The van der Waals surface area contributed by atoms with Crippen molar-refractivity contribution in [1.29, 1.82) is 0 Å². The topological polar surface area (TPSA) is 87.7 Å². The predicted molar refractivity (Wildman–Crippen MR) is 115 cm³/mol. The summed E-state index contributed by atoms with van der Waals surface area (Å²) in [5, 5.41) is 4.30. The number of H-pyrrole nitrogens is 1. The number of hydrogen-bond acceptors (Lipinski definition) is 6. The fourth-order valence-electron chi connectivity index (χ4n) is 4.10. The summed E-state index contributed by atoms with van der Waals surface area (Å²) in [6.07, 6.45) is 5.62. The molecule has 0 radical (unpaired) electrons. The standard InChI is InChI=1S/C22H26N4O2S/c1-5-12(2)29-21-25-19-18(20(28)26-21)16(13-7-6-8-23-11-13)17-14(24-19)9-22(3,4)10-15(17)27/h6-8,11-12,16H,5,9-10H2,1-4H3,(H2,24,25,26,28)/t12-,16+/m0/s1. The SMILES string of the molecule is CC[C@H](C)Sc1nc2c(c(=O)[nH]1)[C@H](c1cccnc1)C1=C(CC(C)(C)CC1=O)N2. The number of carbonyl (C=O) groups excluding carboxylic acids is 1. The number of nitrogens with one attached hydrogen (secondary N) is 2. The monoisotopic (exact) mass is 410 g/mol. The summed E-state index contributed by atoms with van der Waals surface area (Å²) in [6.45, 7) is 8.41. The highest BCUT2D eigenvalue weighted by Crippen LogP contribution is 2.47. The van der Waals surface area contributed by atoms with E-state index in [0.717, 1.165) is 24.1 Å². The van der Waals surface area contributed by atoms with E-state index in [4.69, 9.17) is 4.98 Å². The highest BCUT2D eigenvalue weighted by Gasteiger charge is 2.42. The van der Waals surface area contributed by atoms with Gasteiger partial charge in [0.25, 0.3) is 5.56 Å². The maximum absolute atomic E-state index is 13.1. The largest absolute Gasteiger partial charge is 0.343 e. The molecule has 0 bridgehead atoms. The van der Waals surface area contributed by atoms with Crippen molar-refractivity contribution in [2.45, 2.75) is 63.3 Å². The molecular weight excluding hydrogens is 384 g/mol. The summed E-state index contributed by atoms with van der Waals surface area (Å²) in [4.78, 5) is 38.2. The summed E-state index contributed by atoms with van der Waals surface area (Å²) in [5.41, 5.74) is 2.56. The lowest BCUT2D eigenvalue weighted by Gasteiger charge is -2.38. The molecule has 4 rings (SSSR count). The van der Waals surface area contributed by atoms with Gasteiger partial charge in [-0.15, -0.1) is 0 Å². The number of aromatic amines is 1. The second kappa shape index (κ2) is 7.44. The number of rotatable bonds is 4. The van der Waals surface area contributed by atoms with Crippen molar-refractivity contribution in [2.75, 3.05) is 5.32 Å². The molecule has 6 nitrogen and oxygen atoms in total. The van der Waals surface area contributed by atoms with Gasteiger partial charge in [-0.25, -0.2) is 4.98 Å². The Labute approximate surface area is 174 Å². The van der Waals surface area contributed by atoms with E-state index in [1.807, 2.05) is 12.1 Å². The Kier molecular flexibility index (Phi) is 5.11. The van der Waals surface area contributed by atoms with Gasteiger partial charge in [0.15, 0.2) is 10.9 Å². The lowest BCUT2D eigenvalue weighted by Crippen LogP contribution is -2.37. The highest BCUT2D eigenvalue weighted by atomic mass is 32.2. The van der Waals surface area contributed by atoms with Crippen molar-refractivity contribution in [1.82, 2.24) is 15.0 Å². The molecule has 2 N–H and O–H groups in total. The average Bonchev–Trinajstić information content (AvgIpc) is 2.66. The van der Waals surface area contributed by atoms with Crippen LogP contribution in [0.3, 0.4) is 0 Å². The maximum atomic E-state index is 13.1. The molecule has 0 amide bonds. The zero-order valence-electron chi connectivity index (χ0n) is 17.2. The molecule has 0 saturated carbocycles. The maximum Gasteiger partial charge on any atom is 0.257 e. The van der Waals surface area contributed by atoms with Crippen molar-refractivity contribution in [2.24, 2.45) is 5.41 Å². The van der Waals surface area contributed by atoms with Gasteiger partial charge in [-0.05, 0) is 29.9 Å². The minimum Gasteiger partial charge on any atom is -0.343 e. The van der Waals surface area contributed by atoms with E-state index in [2.05, 4.69) is 43.0 Å². The summed E-state index contributed by atoms with van der Waals surface area (Å²) in [6, 6.07) is 3.76. The van der Waals surface area contributed by atoms with Gasteiger partial charge < -0.3 is 10.3 Å². The minimum atomic E-state index is -0.447. The Morgan fingerprint density at radius 1 is 1.31 bits per heavy atom. The van der Waals surface area contributed by atoms with E-state index < -0.39 is 5.92 Å². The Balaban J connectivity index is 1.90. The number of anilines is 1. The first-order valence-electron chi connectivity index (χ1n) is 10.0. The van der Waals surface area contributed by atoms with E-state index >= 15 is 0 Å². The van der Waals surface area contributed by atoms with Crippen LogP contribution in [0.5, 0.6) is 0 Å². The summed E-state index contributed by atoms with van der Waals surface area (Å²) < 4.78 is 0. The minimum absolute atomic E-state index is 0.0840. The van der Waals surface area contributed by atoms with Gasteiger partial charge in [0.2, 0.25) is 0 Å². The first-order chi connectivity index (χ1) is 13.8. The van der Waals surface area contributed by atoms with Crippen molar-refractivity contribution in [3.8, 4) is 0 Å². The average molecular weight is 411 g/mol. The molecule has 2 aromatic heterocycles. The van der Waals surface area contributed by atoms with Gasteiger partial charge >= 0.3 is 0 Å². The quantitative estimate of drug-likeness (QED) is 0.579. The van der Waals surface area contributed by atoms with Crippen molar-refractivity contribution in [3.63, 3.8) is 0 Å². The normalized spacial score (nSPS) is 21.2. The van der Waals surface area contributed by atoms with E-state index in [0.29, 0.717) is 33.8 Å². The third kappa shape index (κ3) is 3.75. The molecule has 0 unspecified atom stereocenters. The van der Waals surface area contributed by atoms with Gasteiger partial charge in [0, 0.05) is 41.3 Å². The van der Waals surface area contributed by atoms with Crippen LogP contribution in [0.15, 0.2) is 45.7 Å². The van der Waals surface area contributed by atoms with Crippen molar-refractivity contribution >= 4 is 23.4 Å². The molecule has 152 valence electrons. The van der Waals surface area contributed by atoms with Crippen LogP contribution >= 0.6 is 11.8 Å². The Morgan fingerprint density at radius 3 is 2.79 bits per heavy atom. The number of Topliss-reactive ketones (excluding diaryl/α,β-unsaturated/α-hetero) is 1. The predicted octanol–water partition coefficient (Wildman–Crippen LogP) is 4.26. The van der Waals surface area contributed by atoms with E-state index in [-0.39, 0.29) is 16.8 Å². The van der Waals surface area contributed by atoms with Gasteiger partial charge in [-0.1, -0.05) is 45.5 Å². The molecule has 7 heteroatoms. The number of aromatic nitrogens is 3. The molecule has 0 spiro atoms. The van der Waals surface area contributed by atoms with E-state index in [1.54, 1.807) is 24.2 Å². The van der Waals surface area contributed by atoms with Crippen LogP contribution < -0.4 is 10.9 Å². The smallest absolute Gasteiger partial charge is 0.257 e.